The molecule has 0 aliphatic carbocycles. The van der Waals surface area contributed by atoms with Gasteiger partial charge in [-0.25, -0.2) is 0 Å². The second-order valence-corrected chi connectivity index (χ2v) is 7.79. The van der Waals surface area contributed by atoms with Crippen molar-refractivity contribution in [1.29, 1.82) is 5.26 Å². The van der Waals surface area contributed by atoms with Crippen molar-refractivity contribution in [3.8, 4) is 6.07 Å². The molecule has 2 aromatic rings. The molecule has 0 aromatic heterocycles. The summed E-state index contributed by atoms with van der Waals surface area (Å²) < 4.78 is 0. The molecule has 1 atom stereocenters. The molecule has 146 valence electrons. The molecular formula is C23H27N3O2. The van der Waals surface area contributed by atoms with Gasteiger partial charge in [0.05, 0.1) is 17.7 Å². The predicted octanol–water partition coefficient (Wildman–Crippen LogP) is 4.77. The third-order valence-corrected chi connectivity index (χ3v) is 4.64. The summed E-state index contributed by atoms with van der Waals surface area (Å²) >= 11 is 0. The van der Waals surface area contributed by atoms with Gasteiger partial charge in [-0.15, -0.1) is 0 Å². The van der Waals surface area contributed by atoms with E-state index in [1.807, 2.05) is 46.8 Å². The summed E-state index contributed by atoms with van der Waals surface area (Å²) in [5, 5.41) is 11.8. The van der Waals surface area contributed by atoms with E-state index in [0.717, 1.165) is 5.56 Å². The SMILES string of the molecule is CCN(C(=O)c1cccc(NC(=O)C(C)(C)C)c1)C(C)c1ccc(C#N)cc1. The molecule has 0 aliphatic heterocycles. The summed E-state index contributed by atoms with van der Waals surface area (Å²) in [6.07, 6.45) is 0. The number of benzene rings is 2. The maximum atomic E-state index is 13.1. The number of carbonyl (C=O) groups excluding carboxylic acids is 2. The van der Waals surface area contributed by atoms with Crippen LogP contribution in [0.5, 0.6) is 0 Å². The highest BCUT2D eigenvalue weighted by atomic mass is 16.2. The quantitative estimate of drug-likeness (QED) is 0.816. The molecule has 2 amide bonds. The van der Waals surface area contributed by atoms with E-state index in [-0.39, 0.29) is 17.9 Å². The van der Waals surface area contributed by atoms with Crippen LogP contribution < -0.4 is 5.32 Å². The lowest BCUT2D eigenvalue weighted by Gasteiger charge is -2.29. The second-order valence-electron chi connectivity index (χ2n) is 7.79. The van der Waals surface area contributed by atoms with Crippen LogP contribution in [-0.2, 0) is 4.79 Å². The van der Waals surface area contributed by atoms with Crippen molar-refractivity contribution < 1.29 is 9.59 Å². The van der Waals surface area contributed by atoms with Gasteiger partial charge in [0.15, 0.2) is 0 Å². The number of carbonyl (C=O) groups is 2. The molecule has 1 N–H and O–H groups in total. The molecular weight excluding hydrogens is 350 g/mol. The zero-order chi connectivity index (χ0) is 20.9. The van der Waals surface area contributed by atoms with E-state index < -0.39 is 5.41 Å². The monoisotopic (exact) mass is 377 g/mol. The topological polar surface area (TPSA) is 73.2 Å². The van der Waals surface area contributed by atoms with Crippen molar-refractivity contribution in [3.05, 3.63) is 65.2 Å². The Kier molecular flexibility index (Phi) is 6.58. The minimum absolute atomic E-state index is 0.101. The normalized spacial score (nSPS) is 12.0. The maximum absolute atomic E-state index is 13.1. The molecule has 2 aromatic carbocycles. The van der Waals surface area contributed by atoms with Crippen molar-refractivity contribution in [2.45, 2.75) is 40.7 Å². The summed E-state index contributed by atoms with van der Waals surface area (Å²) in [4.78, 5) is 27.1. The highest BCUT2D eigenvalue weighted by molar-refractivity contribution is 5.98. The van der Waals surface area contributed by atoms with Crippen molar-refractivity contribution in [3.63, 3.8) is 0 Å². The van der Waals surface area contributed by atoms with E-state index in [0.29, 0.717) is 23.4 Å². The maximum Gasteiger partial charge on any atom is 0.254 e. The van der Waals surface area contributed by atoms with Crippen molar-refractivity contribution in [1.82, 2.24) is 4.90 Å². The van der Waals surface area contributed by atoms with E-state index in [4.69, 9.17) is 5.26 Å². The minimum Gasteiger partial charge on any atom is -0.332 e. The number of hydrogen-bond donors (Lipinski definition) is 1. The molecule has 5 nitrogen and oxygen atoms in total. The van der Waals surface area contributed by atoms with Gasteiger partial charge in [0, 0.05) is 23.2 Å². The van der Waals surface area contributed by atoms with Crippen LogP contribution in [-0.4, -0.2) is 23.3 Å². The molecule has 5 heteroatoms. The first-order valence-electron chi connectivity index (χ1n) is 9.40. The molecule has 1 unspecified atom stereocenters. The first-order chi connectivity index (χ1) is 13.2. The van der Waals surface area contributed by atoms with Gasteiger partial charge in [-0.05, 0) is 49.7 Å². The summed E-state index contributed by atoms with van der Waals surface area (Å²) in [6, 6.07) is 16.2. The van der Waals surface area contributed by atoms with Crippen molar-refractivity contribution in [2.24, 2.45) is 5.41 Å². The third kappa shape index (κ3) is 4.98. The average molecular weight is 377 g/mol. The molecule has 0 fully saturated rings. The third-order valence-electron chi connectivity index (χ3n) is 4.64. The van der Waals surface area contributed by atoms with Crippen molar-refractivity contribution >= 4 is 17.5 Å². The fraction of sp³-hybridized carbons (Fsp3) is 0.348. The number of amides is 2. The Morgan fingerprint density at radius 2 is 1.79 bits per heavy atom. The van der Waals surface area contributed by atoms with Crippen LogP contribution in [0.15, 0.2) is 48.5 Å². The summed E-state index contributed by atoms with van der Waals surface area (Å²) in [5.74, 6) is -0.207. The lowest BCUT2D eigenvalue weighted by molar-refractivity contribution is -0.123. The number of rotatable bonds is 5. The van der Waals surface area contributed by atoms with Gasteiger partial charge in [-0.2, -0.15) is 5.26 Å². The van der Waals surface area contributed by atoms with Gasteiger partial charge in [0.1, 0.15) is 0 Å². The minimum atomic E-state index is -0.514. The van der Waals surface area contributed by atoms with E-state index in [1.54, 1.807) is 41.3 Å². The van der Waals surface area contributed by atoms with Crippen LogP contribution >= 0.6 is 0 Å². The smallest absolute Gasteiger partial charge is 0.254 e. The van der Waals surface area contributed by atoms with E-state index in [1.165, 1.54) is 0 Å². The van der Waals surface area contributed by atoms with Crippen LogP contribution in [0.4, 0.5) is 5.69 Å². The van der Waals surface area contributed by atoms with E-state index >= 15 is 0 Å². The number of nitrogens with one attached hydrogen (secondary N) is 1. The molecule has 0 spiro atoms. The molecule has 0 bridgehead atoms. The fourth-order valence-corrected chi connectivity index (χ4v) is 2.82. The Bertz CT molecular complexity index is 889. The van der Waals surface area contributed by atoms with Gasteiger partial charge >= 0.3 is 0 Å². The average Bonchev–Trinajstić information content (AvgIpc) is 2.67. The van der Waals surface area contributed by atoms with Gasteiger partial charge in [-0.3, -0.25) is 9.59 Å². The summed E-state index contributed by atoms with van der Waals surface area (Å²) in [7, 11) is 0. The summed E-state index contributed by atoms with van der Waals surface area (Å²) in [5.41, 5.74) is 2.17. The van der Waals surface area contributed by atoms with Crippen molar-refractivity contribution in [2.75, 3.05) is 11.9 Å². The van der Waals surface area contributed by atoms with Gasteiger partial charge in [-0.1, -0.05) is 39.0 Å². The fourth-order valence-electron chi connectivity index (χ4n) is 2.82. The highest BCUT2D eigenvalue weighted by Crippen LogP contribution is 2.24. The van der Waals surface area contributed by atoms with Gasteiger partial charge < -0.3 is 10.2 Å². The summed E-state index contributed by atoms with van der Waals surface area (Å²) in [6.45, 7) is 9.97. The number of nitriles is 1. The molecule has 0 heterocycles. The van der Waals surface area contributed by atoms with Crippen LogP contribution in [0, 0.1) is 16.7 Å². The molecule has 0 saturated carbocycles. The van der Waals surface area contributed by atoms with E-state index in [9.17, 15) is 9.59 Å². The van der Waals surface area contributed by atoms with Crippen LogP contribution in [0.3, 0.4) is 0 Å². The number of nitrogens with zero attached hydrogens (tertiary/aromatic N) is 2. The Hall–Kier alpha value is -3.13. The van der Waals surface area contributed by atoms with E-state index in [2.05, 4.69) is 11.4 Å². The lowest BCUT2D eigenvalue weighted by Crippen LogP contribution is -2.33. The second kappa shape index (κ2) is 8.71. The number of hydrogen-bond acceptors (Lipinski definition) is 3. The molecule has 0 saturated heterocycles. The number of anilines is 1. The predicted molar refractivity (Wildman–Crippen MR) is 111 cm³/mol. The zero-order valence-electron chi connectivity index (χ0n) is 17.1. The first-order valence-corrected chi connectivity index (χ1v) is 9.40. The zero-order valence-corrected chi connectivity index (χ0v) is 17.1. The Morgan fingerprint density at radius 1 is 1.14 bits per heavy atom. The Balaban J connectivity index is 2.23. The van der Waals surface area contributed by atoms with Crippen LogP contribution in [0.25, 0.3) is 0 Å². The molecule has 28 heavy (non-hydrogen) atoms. The molecule has 2 rings (SSSR count). The van der Waals surface area contributed by atoms with Crippen LogP contribution in [0.1, 0.15) is 62.1 Å². The van der Waals surface area contributed by atoms with Gasteiger partial charge in [0.2, 0.25) is 5.91 Å². The molecule has 0 aliphatic rings. The Morgan fingerprint density at radius 3 is 2.32 bits per heavy atom. The largest absolute Gasteiger partial charge is 0.332 e. The first kappa shape index (κ1) is 21.2. The Labute approximate surface area is 167 Å². The highest BCUT2D eigenvalue weighted by Gasteiger charge is 2.23. The lowest BCUT2D eigenvalue weighted by atomic mass is 9.95. The van der Waals surface area contributed by atoms with Gasteiger partial charge in [0.25, 0.3) is 5.91 Å². The molecule has 0 radical (unpaired) electrons. The standard InChI is InChI=1S/C23H27N3O2/c1-6-26(16(2)18-12-10-17(15-24)11-13-18)21(27)19-8-7-9-20(14-19)25-22(28)23(3,4)5/h7-14,16H,6H2,1-5H3,(H,25,28). The van der Waals surface area contributed by atoms with Crippen LogP contribution in [0.2, 0.25) is 0 Å².